The number of nitrogens with zero attached hydrogens (tertiary/aromatic N) is 7. The molecule has 0 bridgehead atoms. The number of nitrogens with one attached hydrogen (secondary N) is 3. The van der Waals surface area contributed by atoms with E-state index in [9.17, 15) is 37.1 Å². The van der Waals surface area contributed by atoms with Gasteiger partial charge in [-0.05, 0) is 55.7 Å². The highest BCUT2D eigenvalue weighted by Gasteiger charge is 2.45. The molecule has 2 aromatic carbocycles. The topological polar surface area (TPSA) is 199 Å². The Kier molecular flexibility index (Phi) is 12.4. The smallest absolute Gasteiger partial charge is 0.369 e. The largest absolute Gasteiger partial charge is 0.491 e. The summed E-state index contributed by atoms with van der Waals surface area (Å²) in [5, 5.41) is 2.76. The summed E-state index contributed by atoms with van der Waals surface area (Å²) in [6, 6.07) is 10.9. The van der Waals surface area contributed by atoms with Gasteiger partial charge in [0.2, 0.25) is 17.7 Å². The van der Waals surface area contributed by atoms with Gasteiger partial charge in [-0.25, -0.2) is 24.5 Å². The van der Waals surface area contributed by atoms with Crippen LogP contribution in [0.4, 0.5) is 18.0 Å². The van der Waals surface area contributed by atoms with Crippen LogP contribution >= 0.6 is 0 Å². The molecular formula is C43H47F3N10O6. The minimum absolute atomic E-state index is 0.112. The van der Waals surface area contributed by atoms with Crippen LogP contribution in [-0.2, 0) is 23.9 Å². The maximum absolute atomic E-state index is 13.8. The third-order valence-corrected chi connectivity index (χ3v) is 11.3. The average molecular weight is 857 g/mol. The molecule has 2 aliphatic rings. The zero-order chi connectivity index (χ0) is 44.5. The first-order chi connectivity index (χ1) is 29.5. The fourth-order valence-electron chi connectivity index (χ4n) is 8.25. The summed E-state index contributed by atoms with van der Waals surface area (Å²) in [5.41, 5.74) is 6.03. The molecule has 62 heavy (non-hydrogen) atoms. The van der Waals surface area contributed by atoms with Gasteiger partial charge in [0.1, 0.15) is 23.7 Å². The molecule has 4 amide bonds. The highest BCUT2D eigenvalue weighted by atomic mass is 19.4. The highest BCUT2D eigenvalue weighted by molar-refractivity contribution is 5.91. The van der Waals surface area contributed by atoms with E-state index in [1.807, 2.05) is 49.4 Å². The summed E-state index contributed by atoms with van der Waals surface area (Å²) < 4.78 is 42.2. The molecule has 7 rings (SSSR count). The van der Waals surface area contributed by atoms with Crippen molar-refractivity contribution < 1.29 is 41.9 Å². The van der Waals surface area contributed by atoms with Gasteiger partial charge in [-0.1, -0.05) is 51.1 Å². The molecule has 0 radical (unpaired) electrons. The van der Waals surface area contributed by atoms with Crippen LogP contribution in [0.15, 0.2) is 61.1 Å². The first-order valence-corrected chi connectivity index (χ1v) is 20.5. The number of carbonyl (C=O) groups excluding carboxylic acids is 5. The van der Waals surface area contributed by atoms with E-state index in [4.69, 9.17) is 9.97 Å². The third-order valence-electron chi connectivity index (χ3n) is 11.3. The van der Waals surface area contributed by atoms with E-state index in [-0.39, 0.29) is 17.9 Å². The maximum atomic E-state index is 13.8. The number of halogens is 3. The molecule has 3 N–H and O–H groups in total. The van der Waals surface area contributed by atoms with Crippen LogP contribution in [0.2, 0.25) is 0 Å². The number of aromatic nitrogens is 6. The summed E-state index contributed by atoms with van der Waals surface area (Å²) in [5.74, 6) is -2.82. The molecule has 2 saturated heterocycles. The molecule has 19 heteroatoms. The van der Waals surface area contributed by atoms with Crippen molar-refractivity contribution in [3.63, 3.8) is 0 Å². The Morgan fingerprint density at radius 1 is 0.823 bits per heavy atom. The van der Waals surface area contributed by atoms with Crippen molar-refractivity contribution in [2.24, 2.45) is 5.92 Å². The number of esters is 1. The Morgan fingerprint density at radius 3 is 1.95 bits per heavy atom. The number of likely N-dealkylation sites (tertiary alicyclic amines) is 2. The average Bonchev–Trinajstić information content (AvgIpc) is 4.09. The van der Waals surface area contributed by atoms with Crippen LogP contribution in [0.3, 0.4) is 0 Å². The number of fused-ring (bicyclic) bond motifs is 1. The van der Waals surface area contributed by atoms with Crippen molar-refractivity contribution in [2.45, 2.75) is 90.1 Å². The van der Waals surface area contributed by atoms with Crippen LogP contribution in [0.1, 0.15) is 83.5 Å². The second kappa shape index (κ2) is 17.7. The van der Waals surface area contributed by atoms with Gasteiger partial charge in [0.05, 0.1) is 58.8 Å². The van der Waals surface area contributed by atoms with E-state index in [0.717, 1.165) is 47.2 Å². The summed E-state index contributed by atoms with van der Waals surface area (Å²) in [6.07, 6.45) is 1.48. The number of benzene rings is 2. The normalized spacial score (nSPS) is 17.6. The number of carbonyl (C=O) groups is 5. The minimum atomic E-state index is -5.36. The molecule has 326 valence electrons. The molecule has 16 nitrogen and oxygen atoms in total. The molecule has 0 aliphatic carbocycles. The van der Waals surface area contributed by atoms with Crippen molar-refractivity contribution >= 4 is 40.8 Å². The number of alkyl halides is 3. The van der Waals surface area contributed by atoms with Gasteiger partial charge in [0.15, 0.2) is 0 Å². The summed E-state index contributed by atoms with van der Waals surface area (Å²) in [6.45, 7) is 7.50. The predicted octanol–water partition coefficient (Wildman–Crippen LogP) is 6.50. The lowest BCUT2D eigenvalue weighted by Crippen LogP contribution is -2.52. The number of imidazole rings is 2. The van der Waals surface area contributed by atoms with Gasteiger partial charge in [-0.15, -0.1) is 0 Å². The van der Waals surface area contributed by atoms with Crippen molar-refractivity contribution in [1.82, 2.24) is 49.9 Å². The Labute approximate surface area is 354 Å². The van der Waals surface area contributed by atoms with Crippen molar-refractivity contribution in [2.75, 3.05) is 20.1 Å². The monoisotopic (exact) mass is 856 g/mol. The number of aromatic amines is 2. The lowest BCUT2D eigenvalue weighted by molar-refractivity contribution is -0.194. The van der Waals surface area contributed by atoms with Gasteiger partial charge in [0.25, 0.3) is 0 Å². The molecule has 5 aromatic rings. The molecular weight excluding hydrogens is 810 g/mol. The van der Waals surface area contributed by atoms with Crippen LogP contribution in [0.25, 0.3) is 44.8 Å². The summed E-state index contributed by atoms with van der Waals surface area (Å²) >= 11 is 0. The number of likely N-dealkylation sites (N-methyl/N-ethyl adjacent to an activating group) is 1. The van der Waals surface area contributed by atoms with Crippen LogP contribution in [-0.4, -0.2) is 113 Å². The second-order valence-electron chi connectivity index (χ2n) is 15.9. The Morgan fingerprint density at radius 2 is 1.39 bits per heavy atom. The van der Waals surface area contributed by atoms with E-state index in [1.54, 1.807) is 42.2 Å². The fraction of sp³-hybridized carbons (Fsp3) is 0.419. The molecule has 4 atom stereocenters. The molecule has 2 fully saturated rings. The highest BCUT2D eigenvalue weighted by Crippen LogP contribution is 2.35. The van der Waals surface area contributed by atoms with Crippen molar-refractivity contribution in [3.8, 4) is 33.8 Å². The Balaban J connectivity index is 1.01. The molecule has 2 aliphatic heterocycles. The second-order valence-corrected chi connectivity index (χ2v) is 15.9. The number of rotatable bonds is 11. The van der Waals surface area contributed by atoms with Crippen LogP contribution < -0.4 is 5.32 Å². The number of hydrogen-bond donors (Lipinski definition) is 3. The quantitative estimate of drug-likeness (QED) is 0.0974. The molecule has 0 saturated carbocycles. The van der Waals surface area contributed by atoms with E-state index in [1.165, 1.54) is 6.92 Å². The fourth-order valence-corrected chi connectivity index (χ4v) is 8.25. The zero-order valence-electron chi connectivity index (χ0n) is 34.8. The summed E-state index contributed by atoms with van der Waals surface area (Å²) in [7, 11) is 1.13. The number of H-pyrrole nitrogens is 2. The van der Waals surface area contributed by atoms with E-state index in [0.29, 0.717) is 66.4 Å². The van der Waals surface area contributed by atoms with Gasteiger partial charge in [0, 0.05) is 38.2 Å². The summed E-state index contributed by atoms with van der Waals surface area (Å²) in [4.78, 5) is 92.2. The standard InChI is InChI=1S/C43H47F3N10O6/c1-6-28(50-24(4)57)39(58)55-17-7-9-34(55)37-49-22-33(53-37)27-15-16-29-30(19-27)47-20-31(51-29)25-11-13-26(14-12-25)32-21-48-38(52-32)35-10-8-18-56(35)40(59)36(23(2)3)54(5)42(61)62-41(60)43(44,45)46/h11-16,19-23,28,34-36H,6-10,17-18H2,1-5H3,(H,48,52)(H,49,53)(H,50,57)/t28-,34-,35-,36-/m0/s1. The number of ether oxygens (including phenoxy) is 1. The van der Waals surface area contributed by atoms with Gasteiger partial charge < -0.3 is 29.8 Å². The van der Waals surface area contributed by atoms with Gasteiger partial charge >= 0.3 is 18.2 Å². The van der Waals surface area contributed by atoms with Crippen LogP contribution in [0, 0.1) is 5.92 Å². The molecule has 3 aromatic heterocycles. The Bertz CT molecular complexity index is 2490. The zero-order valence-corrected chi connectivity index (χ0v) is 34.8. The SMILES string of the molecule is CC[C@H](NC(C)=O)C(=O)N1CCC[C@H]1c1ncc(-c2ccc3nc(-c4ccc(-c5cnc([C@@H]6CCCN6C(=O)[C@H](C(C)C)N(C)C(=O)OC(=O)C(F)(F)F)[nH]5)cc4)cnc3c2)[nH]1. The van der Waals surface area contributed by atoms with E-state index in [2.05, 4.69) is 30.0 Å². The molecule has 0 spiro atoms. The third kappa shape index (κ3) is 9.01. The first kappa shape index (κ1) is 43.4. The Hall–Kier alpha value is -6.66. The van der Waals surface area contributed by atoms with Gasteiger partial charge in [-0.2, -0.15) is 13.2 Å². The van der Waals surface area contributed by atoms with Crippen molar-refractivity contribution in [1.29, 1.82) is 0 Å². The lowest BCUT2D eigenvalue weighted by atomic mass is 10.0. The number of amides is 4. The minimum Gasteiger partial charge on any atom is -0.369 e. The van der Waals surface area contributed by atoms with Crippen molar-refractivity contribution in [3.05, 3.63) is 72.7 Å². The van der Waals surface area contributed by atoms with Crippen LogP contribution in [0.5, 0.6) is 0 Å². The lowest BCUT2D eigenvalue weighted by Gasteiger charge is -2.34. The molecule has 5 heterocycles. The van der Waals surface area contributed by atoms with E-state index < -0.39 is 48.2 Å². The number of hydrogen-bond acceptors (Lipinski definition) is 10. The molecule has 0 unspecified atom stereocenters. The first-order valence-electron chi connectivity index (χ1n) is 20.5. The van der Waals surface area contributed by atoms with Gasteiger partial charge in [-0.3, -0.25) is 24.3 Å². The maximum Gasteiger partial charge on any atom is 0.491 e. The predicted molar refractivity (Wildman–Crippen MR) is 219 cm³/mol. The van der Waals surface area contributed by atoms with E-state index >= 15 is 0 Å².